The van der Waals surface area contributed by atoms with E-state index < -0.39 is 24.4 Å². The summed E-state index contributed by atoms with van der Waals surface area (Å²) in [4.78, 5) is 11.7. The zero-order valence-electron chi connectivity index (χ0n) is 28.5. The van der Waals surface area contributed by atoms with Crippen molar-refractivity contribution in [2.45, 2.75) is 216 Å². The van der Waals surface area contributed by atoms with Crippen LogP contribution in [0.15, 0.2) is 11.6 Å². The molecule has 0 aromatic heterocycles. The van der Waals surface area contributed by atoms with E-state index in [0.717, 1.165) is 77.0 Å². The normalized spacial score (nSPS) is 27.8. The summed E-state index contributed by atoms with van der Waals surface area (Å²) < 4.78 is 17.3. The first-order valence-electron chi connectivity index (χ1n) is 18.7. The van der Waals surface area contributed by atoms with E-state index in [1.165, 1.54) is 51.4 Å². The molecule has 0 spiro atoms. The van der Waals surface area contributed by atoms with Crippen LogP contribution in [0.2, 0.25) is 0 Å². The van der Waals surface area contributed by atoms with E-state index in [1.807, 2.05) is 13.0 Å². The minimum Gasteiger partial charge on any atom is -0.455 e. The highest BCUT2D eigenvalue weighted by molar-refractivity contribution is 5.90. The number of carbonyl (C=O) groups excluding carboxylic acids is 1. The molecule has 2 fully saturated rings. The molecule has 0 aliphatic carbocycles. The van der Waals surface area contributed by atoms with Crippen LogP contribution in [0.4, 0.5) is 0 Å². The van der Waals surface area contributed by atoms with Gasteiger partial charge in [-0.1, -0.05) is 90.4 Å². The Balaban J connectivity index is 1.10. The first-order valence-corrected chi connectivity index (χ1v) is 18.7. The van der Waals surface area contributed by atoms with Crippen LogP contribution < -0.4 is 0 Å². The maximum atomic E-state index is 11.7. The van der Waals surface area contributed by atoms with Crippen molar-refractivity contribution in [3.63, 3.8) is 0 Å². The fourth-order valence-electron chi connectivity index (χ4n) is 7.29. The maximum absolute atomic E-state index is 11.7. The molecule has 262 valence electrons. The molecule has 3 rings (SSSR count). The number of cyclic esters (lactones) is 1. The minimum atomic E-state index is -0.609. The van der Waals surface area contributed by atoms with Crippen molar-refractivity contribution in [3.8, 4) is 0 Å². The average molecular weight is 639 g/mol. The zero-order chi connectivity index (χ0) is 32.4. The Morgan fingerprint density at radius 2 is 1.18 bits per heavy atom. The molecule has 0 bridgehead atoms. The molecule has 9 atom stereocenters. The molecule has 0 radical (unpaired) electrons. The molecule has 3 aliphatic heterocycles. The summed E-state index contributed by atoms with van der Waals surface area (Å²) in [5.74, 6) is -0.277. The van der Waals surface area contributed by atoms with Crippen molar-refractivity contribution in [1.82, 2.24) is 0 Å². The van der Waals surface area contributed by atoms with Crippen molar-refractivity contribution in [1.29, 1.82) is 0 Å². The SMILES string of the molecule is CCCCC[C@@H](O)[C@@H]1CC[C@@H]([C@@H](O)CC[C@H](O)[C@@H]2CC[C@@H](CCCCCCCCCCCCC(O)CC3=C[C@H](C)OC3=O)O2)O1. The lowest BCUT2D eigenvalue weighted by Crippen LogP contribution is -2.33. The van der Waals surface area contributed by atoms with Crippen LogP contribution in [-0.2, 0) is 19.0 Å². The highest BCUT2D eigenvalue weighted by Gasteiger charge is 2.36. The number of unbranched alkanes of at least 4 members (excludes halogenated alkanes) is 11. The Hall–Kier alpha value is -1.03. The number of carbonyl (C=O) groups is 1. The molecule has 4 N–H and O–H groups in total. The third-order valence-electron chi connectivity index (χ3n) is 10.1. The van der Waals surface area contributed by atoms with Gasteiger partial charge in [-0.3, -0.25) is 0 Å². The lowest BCUT2D eigenvalue weighted by atomic mass is 9.99. The average Bonchev–Trinajstić information content (AvgIpc) is 3.77. The van der Waals surface area contributed by atoms with Gasteiger partial charge in [0.1, 0.15) is 6.10 Å². The van der Waals surface area contributed by atoms with E-state index >= 15 is 0 Å². The molecule has 45 heavy (non-hydrogen) atoms. The Morgan fingerprint density at radius 3 is 1.76 bits per heavy atom. The second-order valence-corrected chi connectivity index (χ2v) is 14.2. The summed E-state index contributed by atoms with van der Waals surface area (Å²) in [7, 11) is 0. The molecule has 3 heterocycles. The quantitative estimate of drug-likeness (QED) is 0.0634. The Bertz CT molecular complexity index is 833. The van der Waals surface area contributed by atoms with Gasteiger partial charge in [-0.15, -0.1) is 0 Å². The van der Waals surface area contributed by atoms with Gasteiger partial charge in [0.05, 0.1) is 48.8 Å². The zero-order valence-corrected chi connectivity index (χ0v) is 28.5. The summed E-state index contributed by atoms with van der Waals surface area (Å²) in [6, 6.07) is 0. The molecule has 8 heteroatoms. The summed E-state index contributed by atoms with van der Waals surface area (Å²) in [6.45, 7) is 3.99. The second-order valence-electron chi connectivity index (χ2n) is 14.2. The van der Waals surface area contributed by atoms with Crippen molar-refractivity contribution in [2.24, 2.45) is 0 Å². The Labute approximate surface area is 273 Å². The summed E-state index contributed by atoms with van der Waals surface area (Å²) in [5, 5.41) is 42.0. The summed E-state index contributed by atoms with van der Waals surface area (Å²) in [6.07, 6.45) is 22.1. The third-order valence-corrected chi connectivity index (χ3v) is 10.1. The standard InChI is InChI=1S/C37H66O8/c1-3-4-13-18-31(39)35-23-24-36(45-35)33(41)21-20-32(40)34-22-19-30(44-34)17-15-12-10-8-6-5-7-9-11-14-16-29(38)26-28-25-27(2)43-37(28)42/h25,27,29-36,38-41H,3-24,26H2,1-2H3/t27-,29?,30+,31+,32-,33-,34-,35-,36-/m0/s1. The van der Waals surface area contributed by atoms with Crippen molar-refractivity contribution in [3.05, 3.63) is 11.6 Å². The maximum Gasteiger partial charge on any atom is 0.334 e. The lowest BCUT2D eigenvalue weighted by Gasteiger charge is -2.24. The summed E-state index contributed by atoms with van der Waals surface area (Å²) in [5.41, 5.74) is 0.622. The number of ether oxygens (including phenoxy) is 3. The number of hydrogen-bond acceptors (Lipinski definition) is 8. The topological polar surface area (TPSA) is 126 Å². The van der Waals surface area contributed by atoms with E-state index in [0.29, 0.717) is 24.8 Å². The van der Waals surface area contributed by atoms with E-state index in [1.54, 1.807) is 0 Å². The molecule has 8 nitrogen and oxygen atoms in total. The van der Waals surface area contributed by atoms with Gasteiger partial charge in [0.2, 0.25) is 0 Å². The van der Waals surface area contributed by atoms with Gasteiger partial charge in [0, 0.05) is 12.0 Å². The van der Waals surface area contributed by atoms with E-state index in [-0.39, 0.29) is 36.5 Å². The highest BCUT2D eigenvalue weighted by Crippen LogP contribution is 2.31. The molecular formula is C37H66O8. The van der Waals surface area contributed by atoms with Gasteiger partial charge in [-0.25, -0.2) is 4.79 Å². The number of aliphatic hydroxyl groups is 4. The number of esters is 1. The molecule has 0 amide bonds. The van der Waals surface area contributed by atoms with Gasteiger partial charge in [-0.2, -0.15) is 0 Å². The van der Waals surface area contributed by atoms with Crippen LogP contribution in [0.3, 0.4) is 0 Å². The van der Waals surface area contributed by atoms with Crippen LogP contribution in [0.5, 0.6) is 0 Å². The smallest absolute Gasteiger partial charge is 0.334 e. The summed E-state index contributed by atoms with van der Waals surface area (Å²) >= 11 is 0. The van der Waals surface area contributed by atoms with E-state index in [9.17, 15) is 25.2 Å². The van der Waals surface area contributed by atoms with Gasteiger partial charge < -0.3 is 34.6 Å². The molecule has 0 saturated carbocycles. The molecule has 0 aromatic rings. The first-order chi connectivity index (χ1) is 21.8. The van der Waals surface area contributed by atoms with Gasteiger partial charge in [0.25, 0.3) is 0 Å². The highest BCUT2D eigenvalue weighted by atomic mass is 16.5. The molecule has 3 aliphatic rings. The van der Waals surface area contributed by atoms with Crippen LogP contribution in [0.25, 0.3) is 0 Å². The predicted octanol–water partition coefficient (Wildman–Crippen LogP) is 6.83. The van der Waals surface area contributed by atoms with E-state index in [2.05, 4.69) is 6.92 Å². The predicted molar refractivity (Wildman–Crippen MR) is 177 cm³/mol. The van der Waals surface area contributed by atoms with Gasteiger partial charge >= 0.3 is 5.97 Å². The van der Waals surface area contributed by atoms with Crippen LogP contribution in [-0.4, -0.2) is 81.3 Å². The number of rotatable bonds is 25. The Kier molecular flexibility index (Phi) is 18.6. The van der Waals surface area contributed by atoms with Crippen LogP contribution >= 0.6 is 0 Å². The molecular weight excluding hydrogens is 572 g/mol. The molecule has 0 aromatic carbocycles. The Morgan fingerprint density at radius 1 is 0.667 bits per heavy atom. The van der Waals surface area contributed by atoms with Gasteiger partial charge in [0.15, 0.2) is 0 Å². The van der Waals surface area contributed by atoms with Gasteiger partial charge in [-0.05, 0) is 70.8 Å². The molecule has 2 saturated heterocycles. The minimum absolute atomic E-state index is 0.129. The largest absolute Gasteiger partial charge is 0.455 e. The first kappa shape index (κ1) is 38.4. The fraction of sp³-hybridized carbons (Fsp3) is 0.919. The van der Waals surface area contributed by atoms with Crippen LogP contribution in [0, 0.1) is 0 Å². The van der Waals surface area contributed by atoms with E-state index in [4.69, 9.17) is 14.2 Å². The third kappa shape index (κ3) is 14.7. The van der Waals surface area contributed by atoms with Crippen LogP contribution in [0.1, 0.15) is 162 Å². The monoisotopic (exact) mass is 638 g/mol. The van der Waals surface area contributed by atoms with Crippen molar-refractivity contribution in [2.75, 3.05) is 0 Å². The molecule has 1 unspecified atom stereocenters. The van der Waals surface area contributed by atoms with Crippen molar-refractivity contribution < 1.29 is 39.4 Å². The van der Waals surface area contributed by atoms with Crippen molar-refractivity contribution >= 4 is 5.97 Å². The second kappa shape index (κ2) is 21.8. The lowest BCUT2D eigenvalue weighted by molar-refractivity contribution is -0.139. The number of hydrogen-bond donors (Lipinski definition) is 4. The fourth-order valence-corrected chi connectivity index (χ4v) is 7.29. The number of aliphatic hydroxyl groups excluding tert-OH is 4.